The van der Waals surface area contributed by atoms with Gasteiger partial charge in [-0.05, 0) is 75.6 Å². The van der Waals surface area contributed by atoms with Gasteiger partial charge >= 0.3 is 0 Å². The molecule has 2 N–H and O–H groups in total. The van der Waals surface area contributed by atoms with E-state index in [0.29, 0.717) is 29.3 Å². The van der Waals surface area contributed by atoms with Gasteiger partial charge in [0.1, 0.15) is 0 Å². The summed E-state index contributed by atoms with van der Waals surface area (Å²) in [5.41, 5.74) is 2.41. The summed E-state index contributed by atoms with van der Waals surface area (Å²) in [6, 6.07) is 9.58. The number of hydrogen-bond donors (Lipinski definition) is 2. The van der Waals surface area contributed by atoms with Crippen molar-refractivity contribution in [2.75, 3.05) is 26.2 Å². The number of carbonyl (C=O) groups excluding carboxylic acids is 2. The Labute approximate surface area is 198 Å². The summed E-state index contributed by atoms with van der Waals surface area (Å²) < 4.78 is 27.2. The lowest BCUT2D eigenvalue weighted by atomic mass is 9.84. The zero-order valence-electron chi connectivity index (χ0n) is 19.3. The molecule has 0 saturated carbocycles. The van der Waals surface area contributed by atoms with E-state index in [1.807, 2.05) is 18.3 Å². The third-order valence-corrected chi connectivity index (χ3v) is 6.69. The second kappa shape index (κ2) is 10.9. The Balaban J connectivity index is 1.29. The van der Waals surface area contributed by atoms with Gasteiger partial charge in [0.25, 0.3) is 0 Å². The molecule has 1 aromatic carbocycles. The number of benzene rings is 1. The lowest BCUT2D eigenvalue weighted by molar-refractivity contribution is -0.121. The van der Waals surface area contributed by atoms with E-state index in [9.17, 15) is 18.4 Å². The van der Waals surface area contributed by atoms with E-state index < -0.39 is 17.6 Å². The molecule has 0 spiro atoms. The molecule has 4 rings (SSSR count). The number of pyridine rings is 1. The number of nitrogens with one attached hydrogen (secondary N) is 2. The zero-order chi connectivity index (χ0) is 24.1. The Morgan fingerprint density at radius 2 is 1.97 bits per heavy atom. The first-order valence-electron chi connectivity index (χ1n) is 11.8. The molecule has 1 aromatic heterocycles. The molecule has 0 radical (unpaired) electrons. The number of halogens is 2. The van der Waals surface area contributed by atoms with Crippen LogP contribution in [-0.2, 0) is 9.59 Å². The number of piperidine rings is 1. The molecular weight excluding hydrogens is 438 g/mol. The van der Waals surface area contributed by atoms with E-state index in [1.54, 1.807) is 6.92 Å². The molecule has 3 heterocycles. The van der Waals surface area contributed by atoms with Crippen molar-refractivity contribution in [3.63, 3.8) is 0 Å². The fourth-order valence-corrected chi connectivity index (χ4v) is 4.89. The summed E-state index contributed by atoms with van der Waals surface area (Å²) in [5.74, 6) is -2.61. The second-order valence-corrected chi connectivity index (χ2v) is 9.00. The maximum absolute atomic E-state index is 13.8. The van der Waals surface area contributed by atoms with Gasteiger partial charge in [-0.1, -0.05) is 12.1 Å². The number of aromatic nitrogens is 1. The van der Waals surface area contributed by atoms with Crippen LogP contribution in [0.1, 0.15) is 55.7 Å². The minimum absolute atomic E-state index is 0.0103. The second-order valence-electron chi connectivity index (χ2n) is 9.00. The van der Waals surface area contributed by atoms with Crippen molar-refractivity contribution >= 4 is 11.8 Å². The number of likely N-dealkylation sites (tertiary alicyclic amines) is 1. The van der Waals surface area contributed by atoms with Gasteiger partial charge in [-0.15, -0.1) is 0 Å². The lowest BCUT2D eigenvalue weighted by Crippen LogP contribution is -2.39. The van der Waals surface area contributed by atoms with Gasteiger partial charge in [0, 0.05) is 48.0 Å². The first-order chi connectivity index (χ1) is 16.4. The molecule has 2 aliphatic rings. The highest BCUT2D eigenvalue weighted by atomic mass is 19.2. The normalized spacial score (nSPS) is 19.7. The van der Waals surface area contributed by atoms with Gasteiger partial charge < -0.3 is 15.5 Å². The number of carbonyl (C=O) groups is 2. The SMILES string of the molecule is CC1=C(C(=O)NCCCN2CCC(c3ccccn3)CC2)[C@@H](c2ccc(F)c(F)c2)CC(=O)N1. The van der Waals surface area contributed by atoms with Crippen LogP contribution in [0.15, 0.2) is 53.9 Å². The molecule has 2 aliphatic heterocycles. The number of allylic oxidation sites excluding steroid dienone is 1. The number of amides is 2. The maximum atomic E-state index is 13.8. The minimum atomic E-state index is -0.993. The molecule has 8 heteroatoms. The molecule has 1 atom stereocenters. The molecule has 0 unspecified atom stereocenters. The zero-order valence-corrected chi connectivity index (χ0v) is 19.3. The van der Waals surface area contributed by atoms with Crippen LogP contribution in [0.4, 0.5) is 8.78 Å². The van der Waals surface area contributed by atoms with Gasteiger partial charge in [0.15, 0.2) is 11.6 Å². The number of hydrogen-bond acceptors (Lipinski definition) is 4. The molecule has 34 heavy (non-hydrogen) atoms. The van der Waals surface area contributed by atoms with Gasteiger partial charge in [-0.2, -0.15) is 0 Å². The number of nitrogens with zero attached hydrogens (tertiary/aromatic N) is 2. The average molecular weight is 469 g/mol. The van der Waals surface area contributed by atoms with Crippen LogP contribution in [0.3, 0.4) is 0 Å². The third kappa shape index (κ3) is 5.67. The van der Waals surface area contributed by atoms with Crippen molar-refractivity contribution in [3.8, 4) is 0 Å². The smallest absolute Gasteiger partial charge is 0.249 e. The Morgan fingerprint density at radius 1 is 1.18 bits per heavy atom. The Kier molecular flexibility index (Phi) is 7.67. The fourth-order valence-electron chi connectivity index (χ4n) is 4.89. The van der Waals surface area contributed by atoms with E-state index in [4.69, 9.17) is 0 Å². The van der Waals surface area contributed by atoms with Crippen LogP contribution in [0.25, 0.3) is 0 Å². The molecular formula is C26H30F2N4O2. The molecule has 2 amide bonds. The molecule has 180 valence electrons. The standard InChI is InChI=1S/C26H30F2N4O2/c1-17-25(20(16-24(33)31-17)19-6-7-21(27)22(28)15-19)26(34)30-11-4-12-32-13-8-18(9-14-32)23-5-2-3-10-29-23/h2-3,5-7,10,15,18,20H,4,8-9,11-14,16H2,1H3,(H,30,34)(H,31,33)/t20-/m1/s1. The van der Waals surface area contributed by atoms with Gasteiger partial charge in [-0.3, -0.25) is 14.6 Å². The highest BCUT2D eigenvalue weighted by Gasteiger charge is 2.32. The molecule has 2 aromatic rings. The molecule has 0 aliphatic carbocycles. The summed E-state index contributed by atoms with van der Waals surface area (Å²) in [5, 5.41) is 5.64. The maximum Gasteiger partial charge on any atom is 0.249 e. The van der Waals surface area contributed by atoms with Crippen molar-refractivity contribution < 1.29 is 18.4 Å². The van der Waals surface area contributed by atoms with Crippen molar-refractivity contribution in [1.29, 1.82) is 0 Å². The molecule has 1 saturated heterocycles. The highest BCUT2D eigenvalue weighted by molar-refractivity contribution is 5.99. The van der Waals surface area contributed by atoms with Crippen LogP contribution in [0, 0.1) is 11.6 Å². The molecule has 6 nitrogen and oxygen atoms in total. The largest absolute Gasteiger partial charge is 0.352 e. The topological polar surface area (TPSA) is 74.3 Å². The van der Waals surface area contributed by atoms with E-state index in [2.05, 4.69) is 26.6 Å². The van der Waals surface area contributed by atoms with Gasteiger partial charge in [-0.25, -0.2) is 8.78 Å². The van der Waals surface area contributed by atoms with Crippen molar-refractivity contribution in [2.45, 2.75) is 44.4 Å². The fraction of sp³-hybridized carbons (Fsp3) is 0.423. The van der Waals surface area contributed by atoms with Crippen molar-refractivity contribution in [1.82, 2.24) is 20.5 Å². The van der Waals surface area contributed by atoms with Crippen LogP contribution < -0.4 is 10.6 Å². The third-order valence-electron chi connectivity index (χ3n) is 6.69. The summed E-state index contributed by atoms with van der Waals surface area (Å²) in [7, 11) is 0. The molecule has 1 fully saturated rings. The van der Waals surface area contributed by atoms with Crippen molar-refractivity contribution in [3.05, 3.63) is 76.8 Å². The molecule has 0 bridgehead atoms. The Bertz CT molecular complexity index is 1070. The van der Waals surface area contributed by atoms with E-state index in [1.165, 1.54) is 6.07 Å². The van der Waals surface area contributed by atoms with Gasteiger partial charge in [0.2, 0.25) is 11.8 Å². The van der Waals surface area contributed by atoms with Crippen LogP contribution in [0.5, 0.6) is 0 Å². The predicted octanol–water partition coefficient (Wildman–Crippen LogP) is 3.62. The highest BCUT2D eigenvalue weighted by Crippen LogP contribution is 2.33. The van der Waals surface area contributed by atoms with Crippen molar-refractivity contribution in [2.24, 2.45) is 0 Å². The summed E-state index contributed by atoms with van der Waals surface area (Å²) in [6.45, 7) is 5.04. The minimum Gasteiger partial charge on any atom is -0.352 e. The summed E-state index contributed by atoms with van der Waals surface area (Å²) >= 11 is 0. The summed E-state index contributed by atoms with van der Waals surface area (Å²) in [4.78, 5) is 31.9. The first-order valence-corrected chi connectivity index (χ1v) is 11.8. The Morgan fingerprint density at radius 3 is 2.68 bits per heavy atom. The summed E-state index contributed by atoms with van der Waals surface area (Å²) in [6.07, 6.45) is 4.80. The first kappa shape index (κ1) is 24.0. The van der Waals surface area contributed by atoms with E-state index >= 15 is 0 Å². The predicted molar refractivity (Wildman–Crippen MR) is 125 cm³/mol. The Hall–Kier alpha value is -3.13. The average Bonchev–Trinajstić information content (AvgIpc) is 2.84. The van der Waals surface area contributed by atoms with Crippen LogP contribution in [0.2, 0.25) is 0 Å². The quantitative estimate of drug-likeness (QED) is 0.609. The van der Waals surface area contributed by atoms with Gasteiger partial charge in [0.05, 0.1) is 0 Å². The van der Waals surface area contributed by atoms with E-state index in [-0.39, 0.29) is 18.2 Å². The van der Waals surface area contributed by atoms with Crippen LogP contribution in [-0.4, -0.2) is 47.9 Å². The van der Waals surface area contributed by atoms with Crippen LogP contribution >= 0.6 is 0 Å². The number of rotatable bonds is 7. The lowest BCUT2D eigenvalue weighted by Gasteiger charge is -2.31. The van der Waals surface area contributed by atoms with E-state index in [0.717, 1.165) is 56.7 Å². The monoisotopic (exact) mass is 468 g/mol.